The van der Waals surface area contributed by atoms with Crippen molar-refractivity contribution in [3.05, 3.63) is 28.8 Å². The molecule has 1 N–H and O–H groups in total. The Morgan fingerprint density at radius 2 is 2.00 bits per heavy atom. The highest BCUT2D eigenvalue weighted by Gasteiger charge is 2.26. The van der Waals surface area contributed by atoms with E-state index in [-0.39, 0.29) is 17.5 Å². The normalized spacial score (nSPS) is 12.4. The number of nitrogens with zero attached hydrogens (tertiary/aromatic N) is 1. The Balaban J connectivity index is 3.25. The molecule has 0 bridgehead atoms. The summed E-state index contributed by atoms with van der Waals surface area (Å²) in [7, 11) is -3.55. The fourth-order valence-electron chi connectivity index (χ4n) is 1.84. The van der Waals surface area contributed by atoms with Gasteiger partial charge in [0.1, 0.15) is 0 Å². The largest absolute Gasteiger partial charge is 0.392 e. The van der Waals surface area contributed by atoms with Gasteiger partial charge >= 0.3 is 0 Å². The van der Waals surface area contributed by atoms with Gasteiger partial charge in [-0.25, -0.2) is 8.42 Å². The second-order valence-corrected chi connectivity index (χ2v) is 6.92. The molecule has 0 radical (unpaired) electrons. The molecule has 0 aliphatic rings. The zero-order valence-corrected chi connectivity index (χ0v) is 13.0. The van der Waals surface area contributed by atoms with Gasteiger partial charge in [-0.3, -0.25) is 0 Å². The van der Waals surface area contributed by atoms with Crippen LogP contribution in [0.15, 0.2) is 23.1 Å². The highest BCUT2D eigenvalue weighted by molar-refractivity contribution is 7.89. The third-order valence-corrected chi connectivity index (χ3v) is 5.25. The van der Waals surface area contributed by atoms with Crippen LogP contribution in [0.2, 0.25) is 5.02 Å². The van der Waals surface area contributed by atoms with E-state index in [1.54, 1.807) is 0 Å². The lowest BCUT2D eigenvalue weighted by Crippen LogP contribution is -2.37. The van der Waals surface area contributed by atoms with Gasteiger partial charge in [0.15, 0.2) is 0 Å². The van der Waals surface area contributed by atoms with Crippen molar-refractivity contribution in [2.45, 2.75) is 44.7 Å². The number of aliphatic hydroxyl groups excluding tert-OH is 1. The van der Waals surface area contributed by atoms with Gasteiger partial charge in [0.2, 0.25) is 10.0 Å². The minimum absolute atomic E-state index is 0.113. The van der Waals surface area contributed by atoms with E-state index in [2.05, 4.69) is 0 Å². The van der Waals surface area contributed by atoms with Crippen LogP contribution in [0.1, 0.15) is 32.8 Å². The molecule has 19 heavy (non-hydrogen) atoms. The smallest absolute Gasteiger partial charge is 0.243 e. The summed E-state index contributed by atoms with van der Waals surface area (Å²) in [5, 5.41) is 9.54. The number of hydrogen-bond acceptors (Lipinski definition) is 3. The molecule has 1 aromatic rings. The molecular weight excluding hydrogens is 286 g/mol. The Labute approximate surface area is 120 Å². The quantitative estimate of drug-likeness (QED) is 0.879. The van der Waals surface area contributed by atoms with Crippen molar-refractivity contribution in [1.29, 1.82) is 0 Å². The van der Waals surface area contributed by atoms with E-state index < -0.39 is 10.0 Å². The Bertz CT molecular complexity index is 529. The van der Waals surface area contributed by atoms with Crippen molar-refractivity contribution in [3.8, 4) is 0 Å². The molecule has 0 saturated heterocycles. The fourth-order valence-corrected chi connectivity index (χ4v) is 3.80. The zero-order chi connectivity index (χ0) is 14.6. The van der Waals surface area contributed by atoms with Gasteiger partial charge in [-0.05, 0) is 44.0 Å². The fraction of sp³-hybridized carbons (Fsp3) is 0.538. The van der Waals surface area contributed by atoms with E-state index >= 15 is 0 Å². The first-order valence-corrected chi connectivity index (χ1v) is 8.07. The van der Waals surface area contributed by atoms with Gasteiger partial charge in [0, 0.05) is 17.6 Å². The molecule has 0 aromatic heterocycles. The molecule has 1 rings (SSSR count). The summed E-state index contributed by atoms with van der Waals surface area (Å²) in [4.78, 5) is 0.170. The van der Waals surface area contributed by atoms with E-state index in [1.165, 1.54) is 22.5 Å². The highest BCUT2D eigenvalue weighted by atomic mass is 35.5. The third kappa shape index (κ3) is 3.69. The van der Waals surface area contributed by atoms with Crippen molar-refractivity contribution >= 4 is 21.6 Å². The minimum Gasteiger partial charge on any atom is -0.392 e. The lowest BCUT2D eigenvalue weighted by atomic mass is 10.2. The molecule has 0 fully saturated rings. The summed E-state index contributed by atoms with van der Waals surface area (Å²) >= 11 is 5.88. The minimum atomic E-state index is -3.55. The van der Waals surface area contributed by atoms with Crippen LogP contribution >= 0.6 is 11.6 Å². The lowest BCUT2D eigenvalue weighted by molar-refractivity contribution is 0.281. The van der Waals surface area contributed by atoms with Crippen LogP contribution in [0.25, 0.3) is 0 Å². The summed E-state index contributed by atoms with van der Waals surface area (Å²) in [5.74, 6) is 0. The maximum absolute atomic E-state index is 12.5. The monoisotopic (exact) mass is 305 g/mol. The Morgan fingerprint density at radius 3 is 2.47 bits per heavy atom. The number of benzene rings is 1. The van der Waals surface area contributed by atoms with Crippen molar-refractivity contribution < 1.29 is 13.5 Å². The van der Waals surface area contributed by atoms with Crippen molar-refractivity contribution in [3.63, 3.8) is 0 Å². The molecule has 0 aliphatic carbocycles. The molecule has 0 amide bonds. The standard InChI is InChI=1S/C13H20ClNO3S/c1-4-7-15(10(2)3)19(17,18)12-5-6-13(14)11(8-12)9-16/h5-6,8,10,16H,4,7,9H2,1-3H3. The van der Waals surface area contributed by atoms with Gasteiger partial charge in [0.25, 0.3) is 0 Å². The zero-order valence-electron chi connectivity index (χ0n) is 11.4. The summed E-state index contributed by atoms with van der Waals surface area (Å²) in [6.07, 6.45) is 0.748. The van der Waals surface area contributed by atoms with Crippen LogP contribution in [0.3, 0.4) is 0 Å². The first-order valence-electron chi connectivity index (χ1n) is 6.25. The summed E-state index contributed by atoms with van der Waals surface area (Å²) < 4.78 is 26.5. The van der Waals surface area contributed by atoms with Crippen molar-refractivity contribution in [2.24, 2.45) is 0 Å². The summed E-state index contributed by atoms with van der Waals surface area (Å²) in [6, 6.07) is 4.30. The van der Waals surface area contributed by atoms with Gasteiger partial charge < -0.3 is 5.11 Å². The first-order chi connectivity index (χ1) is 8.84. The van der Waals surface area contributed by atoms with E-state index in [9.17, 15) is 8.42 Å². The number of rotatable bonds is 6. The molecule has 0 saturated carbocycles. The second kappa shape index (κ2) is 6.70. The number of aliphatic hydroxyl groups is 1. The SMILES string of the molecule is CCCN(C(C)C)S(=O)(=O)c1ccc(Cl)c(CO)c1. The Kier molecular flexibility index (Phi) is 5.80. The predicted molar refractivity (Wildman–Crippen MR) is 76.7 cm³/mol. The number of hydrogen-bond donors (Lipinski definition) is 1. The van der Waals surface area contributed by atoms with Crippen molar-refractivity contribution in [1.82, 2.24) is 4.31 Å². The van der Waals surface area contributed by atoms with E-state index in [0.717, 1.165) is 6.42 Å². The van der Waals surface area contributed by atoms with Crippen LogP contribution in [0.4, 0.5) is 0 Å². The van der Waals surface area contributed by atoms with E-state index in [1.807, 2.05) is 20.8 Å². The van der Waals surface area contributed by atoms with Crippen LogP contribution in [-0.2, 0) is 16.6 Å². The van der Waals surface area contributed by atoms with Crippen LogP contribution in [-0.4, -0.2) is 30.4 Å². The lowest BCUT2D eigenvalue weighted by Gasteiger charge is -2.25. The molecule has 6 heteroatoms. The van der Waals surface area contributed by atoms with Gasteiger partial charge in [-0.2, -0.15) is 4.31 Å². The highest BCUT2D eigenvalue weighted by Crippen LogP contribution is 2.24. The number of sulfonamides is 1. The van der Waals surface area contributed by atoms with E-state index in [4.69, 9.17) is 16.7 Å². The van der Waals surface area contributed by atoms with E-state index in [0.29, 0.717) is 17.1 Å². The van der Waals surface area contributed by atoms with Gasteiger partial charge in [-0.15, -0.1) is 0 Å². The topological polar surface area (TPSA) is 57.6 Å². The van der Waals surface area contributed by atoms with Crippen molar-refractivity contribution in [2.75, 3.05) is 6.54 Å². The van der Waals surface area contributed by atoms with Gasteiger partial charge in [-0.1, -0.05) is 18.5 Å². The van der Waals surface area contributed by atoms with Gasteiger partial charge in [0.05, 0.1) is 11.5 Å². The molecule has 1 aromatic carbocycles. The maximum Gasteiger partial charge on any atom is 0.243 e. The summed E-state index contributed by atoms with van der Waals surface area (Å²) in [5.41, 5.74) is 0.419. The maximum atomic E-state index is 12.5. The molecule has 0 unspecified atom stereocenters. The average Bonchev–Trinajstić information content (AvgIpc) is 2.35. The predicted octanol–water partition coefficient (Wildman–Crippen LogP) is 2.64. The molecule has 108 valence electrons. The molecule has 0 heterocycles. The average molecular weight is 306 g/mol. The first kappa shape index (κ1) is 16.4. The van der Waals surface area contributed by atoms with Crippen LogP contribution in [0.5, 0.6) is 0 Å². The Hall–Kier alpha value is -0.620. The molecule has 0 atom stereocenters. The molecule has 0 aliphatic heterocycles. The summed E-state index contributed by atoms with van der Waals surface area (Å²) in [6.45, 7) is 5.81. The van der Waals surface area contributed by atoms with Crippen LogP contribution in [0, 0.1) is 0 Å². The third-order valence-electron chi connectivity index (χ3n) is 2.81. The van der Waals surface area contributed by atoms with Crippen LogP contribution < -0.4 is 0 Å². The molecule has 4 nitrogen and oxygen atoms in total. The Morgan fingerprint density at radius 1 is 1.37 bits per heavy atom. The molecular formula is C13H20ClNO3S. The second-order valence-electron chi connectivity index (χ2n) is 4.62. The molecule has 0 spiro atoms. The number of halogens is 1.